The van der Waals surface area contributed by atoms with Gasteiger partial charge in [0.2, 0.25) is 0 Å². The van der Waals surface area contributed by atoms with Gasteiger partial charge in [0, 0.05) is 4.88 Å². The van der Waals surface area contributed by atoms with Gasteiger partial charge in [0.1, 0.15) is 4.21 Å². The molecule has 0 amide bonds. The Kier molecular flexibility index (Phi) is 4.10. The average molecular weight is 322 g/mol. The molecular formula is C11H9ClFNO3S2. The predicted octanol–water partition coefficient (Wildman–Crippen LogP) is 2.83. The van der Waals surface area contributed by atoms with E-state index in [2.05, 4.69) is 4.72 Å². The Morgan fingerprint density at radius 3 is 2.68 bits per heavy atom. The molecule has 8 heteroatoms. The number of hydrogen-bond acceptors (Lipinski definition) is 4. The molecule has 0 aliphatic rings. The molecule has 0 fully saturated rings. The first-order valence-corrected chi connectivity index (χ1v) is 7.78. The van der Waals surface area contributed by atoms with Gasteiger partial charge in [0.05, 0.1) is 17.3 Å². The van der Waals surface area contributed by atoms with Crippen LogP contribution in [0.2, 0.25) is 5.02 Å². The zero-order chi connectivity index (χ0) is 14.0. The van der Waals surface area contributed by atoms with Gasteiger partial charge < -0.3 is 5.11 Å². The second kappa shape index (κ2) is 5.46. The molecule has 0 aliphatic heterocycles. The highest BCUT2D eigenvalue weighted by Crippen LogP contribution is 2.27. The summed E-state index contributed by atoms with van der Waals surface area (Å²) in [6, 6.07) is 6.88. The second-order valence-corrected chi connectivity index (χ2v) is 7.07. The van der Waals surface area contributed by atoms with Crippen molar-refractivity contribution in [3.8, 4) is 0 Å². The van der Waals surface area contributed by atoms with Crippen LogP contribution in [0.25, 0.3) is 0 Å². The lowest BCUT2D eigenvalue weighted by atomic mass is 10.3. The molecule has 0 bridgehead atoms. The molecule has 102 valence electrons. The molecule has 1 aromatic heterocycles. The lowest BCUT2D eigenvalue weighted by Crippen LogP contribution is -2.12. The largest absolute Gasteiger partial charge is 0.391 e. The fraction of sp³-hybridized carbons (Fsp3) is 0.0909. The molecule has 1 aromatic carbocycles. The number of benzene rings is 1. The lowest BCUT2D eigenvalue weighted by molar-refractivity contribution is 0.285. The Bertz CT molecular complexity index is 700. The van der Waals surface area contributed by atoms with Crippen LogP contribution in [0.3, 0.4) is 0 Å². The first kappa shape index (κ1) is 14.3. The highest BCUT2D eigenvalue weighted by molar-refractivity contribution is 7.94. The maximum atomic E-state index is 13.6. The molecule has 4 nitrogen and oxygen atoms in total. The summed E-state index contributed by atoms with van der Waals surface area (Å²) < 4.78 is 39.7. The summed E-state index contributed by atoms with van der Waals surface area (Å²) in [5.74, 6) is -0.827. The fourth-order valence-electron chi connectivity index (χ4n) is 1.37. The maximum Gasteiger partial charge on any atom is 0.271 e. The van der Waals surface area contributed by atoms with Gasteiger partial charge in [0.15, 0.2) is 5.82 Å². The van der Waals surface area contributed by atoms with Gasteiger partial charge in [-0.2, -0.15) is 0 Å². The summed E-state index contributed by atoms with van der Waals surface area (Å²) in [7, 11) is -3.88. The van der Waals surface area contributed by atoms with Gasteiger partial charge in [-0.15, -0.1) is 11.3 Å². The van der Waals surface area contributed by atoms with E-state index in [0.29, 0.717) is 4.88 Å². The van der Waals surface area contributed by atoms with Gasteiger partial charge in [0.25, 0.3) is 10.0 Å². The van der Waals surface area contributed by atoms with E-state index in [1.165, 1.54) is 30.3 Å². The van der Waals surface area contributed by atoms with Crippen molar-refractivity contribution in [2.24, 2.45) is 0 Å². The Morgan fingerprint density at radius 2 is 2.05 bits per heavy atom. The van der Waals surface area contributed by atoms with Crippen molar-refractivity contribution in [3.63, 3.8) is 0 Å². The summed E-state index contributed by atoms with van der Waals surface area (Å²) in [5, 5.41) is 8.74. The number of thiophene rings is 1. The van der Waals surface area contributed by atoms with Crippen molar-refractivity contribution in [2.45, 2.75) is 10.8 Å². The molecule has 1 heterocycles. The highest BCUT2D eigenvalue weighted by Gasteiger charge is 2.19. The minimum atomic E-state index is -3.88. The van der Waals surface area contributed by atoms with E-state index in [1.54, 1.807) is 0 Å². The van der Waals surface area contributed by atoms with Gasteiger partial charge >= 0.3 is 0 Å². The van der Waals surface area contributed by atoms with E-state index >= 15 is 0 Å². The first-order chi connectivity index (χ1) is 8.94. The Balaban J connectivity index is 2.33. The van der Waals surface area contributed by atoms with E-state index in [-0.39, 0.29) is 21.5 Å². The smallest absolute Gasteiger partial charge is 0.271 e. The minimum absolute atomic E-state index is 0.00377. The van der Waals surface area contributed by atoms with E-state index in [0.717, 1.165) is 11.3 Å². The summed E-state index contributed by atoms with van der Waals surface area (Å²) in [6.45, 7) is -0.244. The molecule has 0 radical (unpaired) electrons. The molecule has 0 aliphatic carbocycles. The van der Waals surface area contributed by atoms with Crippen LogP contribution in [-0.4, -0.2) is 13.5 Å². The van der Waals surface area contributed by atoms with Crippen molar-refractivity contribution < 1.29 is 17.9 Å². The number of nitrogens with one attached hydrogen (secondary N) is 1. The van der Waals surface area contributed by atoms with Crippen LogP contribution in [0.15, 0.2) is 34.5 Å². The molecule has 2 N–H and O–H groups in total. The standard InChI is InChI=1S/C11H9ClFNO3S2/c12-8-2-1-3-9(11(8)13)14-19(16,17)10-5-4-7(6-15)18-10/h1-5,14-15H,6H2. The quantitative estimate of drug-likeness (QED) is 0.910. The number of rotatable bonds is 4. The van der Waals surface area contributed by atoms with Crippen LogP contribution in [-0.2, 0) is 16.6 Å². The number of halogens is 2. The zero-order valence-electron chi connectivity index (χ0n) is 9.43. The minimum Gasteiger partial charge on any atom is -0.391 e. The maximum absolute atomic E-state index is 13.6. The van der Waals surface area contributed by atoms with E-state index in [4.69, 9.17) is 16.7 Å². The normalized spacial score (nSPS) is 11.5. The molecule has 0 saturated carbocycles. The van der Waals surface area contributed by atoms with Gasteiger partial charge in [-0.25, -0.2) is 12.8 Å². The van der Waals surface area contributed by atoms with Crippen molar-refractivity contribution in [3.05, 3.63) is 46.0 Å². The number of sulfonamides is 1. The lowest BCUT2D eigenvalue weighted by Gasteiger charge is -2.07. The number of aliphatic hydroxyl groups is 1. The third-order valence-electron chi connectivity index (χ3n) is 2.25. The van der Waals surface area contributed by atoms with E-state index < -0.39 is 15.8 Å². The van der Waals surface area contributed by atoms with Crippen molar-refractivity contribution >= 4 is 38.6 Å². The summed E-state index contributed by atoms with van der Waals surface area (Å²) in [4.78, 5) is 0.506. The Labute approximate surface area is 118 Å². The second-order valence-electron chi connectivity index (χ2n) is 3.59. The fourth-order valence-corrected chi connectivity index (χ4v) is 3.81. The Morgan fingerprint density at radius 1 is 1.32 bits per heavy atom. The summed E-state index contributed by atoms with van der Waals surface area (Å²) in [5.41, 5.74) is -0.216. The molecule has 0 spiro atoms. The number of aliphatic hydroxyl groups excluding tert-OH is 1. The van der Waals surface area contributed by atoms with E-state index in [1.807, 2.05) is 0 Å². The first-order valence-electron chi connectivity index (χ1n) is 5.10. The van der Waals surface area contributed by atoms with Crippen LogP contribution < -0.4 is 4.72 Å². The monoisotopic (exact) mass is 321 g/mol. The van der Waals surface area contributed by atoms with E-state index in [9.17, 15) is 12.8 Å². The van der Waals surface area contributed by atoms with Crippen molar-refractivity contribution in [2.75, 3.05) is 4.72 Å². The van der Waals surface area contributed by atoms with Crippen molar-refractivity contribution in [1.82, 2.24) is 0 Å². The third kappa shape index (κ3) is 3.06. The van der Waals surface area contributed by atoms with Crippen LogP contribution in [0.5, 0.6) is 0 Å². The van der Waals surface area contributed by atoms with Gasteiger partial charge in [-0.1, -0.05) is 17.7 Å². The average Bonchev–Trinajstić information content (AvgIpc) is 2.84. The SMILES string of the molecule is O=S(=O)(Nc1cccc(Cl)c1F)c1ccc(CO)s1. The molecular weight excluding hydrogens is 313 g/mol. The molecule has 2 rings (SSSR count). The summed E-state index contributed by atoms with van der Waals surface area (Å²) >= 11 is 6.49. The van der Waals surface area contributed by atoms with Gasteiger partial charge in [-0.3, -0.25) is 4.72 Å². The van der Waals surface area contributed by atoms with Gasteiger partial charge in [-0.05, 0) is 24.3 Å². The van der Waals surface area contributed by atoms with Crippen LogP contribution >= 0.6 is 22.9 Å². The van der Waals surface area contributed by atoms with Crippen LogP contribution in [0, 0.1) is 5.82 Å². The topological polar surface area (TPSA) is 66.4 Å². The third-order valence-corrected chi connectivity index (χ3v) is 5.47. The van der Waals surface area contributed by atoms with Crippen molar-refractivity contribution in [1.29, 1.82) is 0 Å². The number of hydrogen-bond donors (Lipinski definition) is 2. The number of anilines is 1. The highest BCUT2D eigenvalue weighted by atomic mass is 35.5. The molecule has 0 atom stereocenters. The predicted molar refractivity (Wildman–Crippen MR) is 72.5 cm³/mol. The molecule has 0 saturated heterocycles. The molecule has 2 aromatic rings. The van der Waals surface area contributed by atoms with Crippen LogP contribution in [0.1, 0.15) is 4.88 Å². The molecule has 0 unspecified atom stereocenters. The zero-order valence-corrected chi connectivity index (χ0v) is 11.8. The van der Waals surface area contributed by atoms with Crippen LogP contribution in [0.4, 0.5) is 10.1 Å². The summed E-state index contributed by atoms with van der Waals surface area (Å²) in [6.07, 6.45) is 0. The molecule has 19 heavy (non-hydrogen) atoms. The Hall–Kier alpha value is -1.15.